The molecule has 6 heteroatoms. The van der Waals surface area contributed by atoms with Crippen molar-refractivity contribution in [2.75, 3.05) is 0 Å². The van der Waals surface area contributed by atoms with E-state index in [0.29, 0.717) is 18.9 Å². The van der Waals surface area contributed by atoms with Gasteiger partial charge in [0.1, 0.15) is 6.61 Å². The fraction of sp³-hybridized carbons (Fsp3) is 0.250. The SMILES string of the molecule is O=C(O)CCCCC(C=Cc1cccnc1OCc1ccccc1)Cc1ccc(C(=O)O)cc1. The van der Waals surface area contributed by atoms with Crippen LogP contribution in [0, 0.1) is 5.92 Å². The molecule has 3 rings (SSSR count). The van der Waals surface area contributed by atoms with Crippen molar-refractivity contribution >= 4 is 18.0 Å². The fourth-order valence-corrected chi connectivity index (χ4v) is 3.65. The van der Waals surface area contributed by atoms with Crippen LogP contribution in [-0.4, -0.2) is 27.1 Å². The molecule has 0 fully saturated rings. The summed E-state index contributed by atoms with van der Waals surface area (Å²) in [5, 5.41) is 18.0. The molecule has 0 radical (unpaired) electrons. The van der Waals surface area contributed by atoms with Gasteiger partial charge in [-0.3, -0.25) is 4.79 Å². The van der Waals surface area contributed by atoms with Crippen LogP contribution >= 0.6 is 0 Å². The lowest BCUT2D eigenvalue weighted by molar-refractivity contribution is -0.137. The van der Waals surface area contributed by atoms with E-state index < -0.39 is 11.9 Å². The maximum Gasteiger partial charge on any atom is 0.335 e. The molecule has 1 unspecified atom stereocenters. The highest BCUT2D eigenvalue weighted by Crippen LogP contribution is 2.23. The van der Waals surface area contributed by atoms with E-state index in [-0.39, 0.29) is 17.9 Å². The average Bonchev–Trinajstić information content (AvgIpc) is 2.85. The van der Waals surface area contributed by atoms with Gasteiger partial charge in [0.05, 0.1) is 5.56 Å². The third-order valence-electron chi connectivity index (χ3n) is 5.48. The molecule has 0 aliphatic carbocycles. The van der Waals surface area contributed by atoms with E-state index in [0.717, 1.165) is 36.0 Å². The number of carbonyl (C=O) groups is 2. The number of carboxylic acids is 2. The molecule has 34 heavy (non-hydrogen) atoms. The Balaban J connectivity index is 1.70. The van der Waals surface area contributed by atoms with Crippen LogP contribution in [0.4, 0.5) is 0 Å². The Hall–Kier alpha value is -3.93. The fourth-order valence-electron chi connectivity index (χ4n) is 3.65. The minimum absolute atomic E-state index is 0.157. The van der Waals surface area contributed by atoms with Crippen molar-refractivity contribution in [3.63, 3.8) is 0 Å². The smallest absolute Gasteiger partial charge is 0.335 e. The summed E-state index contributed by atoms with van der Waals surface area (Å²) >= 11 is 0. The quantitative estimate of drug-likeness (QED) is 0.310. The molecule has 0 aliphatic heterocycles. The van der Waals surface area contributed by atoms with Gasteiger partial charge >= 0.3 is 11.9 Å². The molecular formula is C28H29NO5. The number of aliphatic carboxylic acids is 1. The highest BCUT2D eigenvalue weighted by atomic mass is 16.5. The zero-order valence-electron chi connectivity index (χ0n) is 19.0. The van der Waals surface area contributed by atoms with Crippen LogP contribution in [-0.2, 0) is 17.8 Å². The molecule has 0 saturated heterocycles. The number of carboxylic acid groups (broad SMARTS) is 2. The predicted molar refractivity (Wildman–Crippen MR) is 131 cm³/mol. The third kappa shape index (κ3) is 8.20. The second kappa shape index (κ2) is 12.9. The van der Waals surface area contributed by atoms with Gasteiger partial charge in [-0.1, -0.05) is 61.0 Å². The first kappa shape index (κ1) is 24.7. The van der Waals surface area contributed by atoms with Gasteiger partial charge in [-0.25, -0.2) is 9.78 Å². The molecule has 0 amide bonds. The Labute approximate surface area is 199 Å². The van der Waals surface area contributed by atoms with Crippen molar-refractivity contribution in [3.8, 4) is 5.88 Å². The second-order valence-corrected chi connectivity index (χ2v) is 8.14. The lowest BCUT2D eigenvalue weighted by atomic mass is 9.92. The standard InChI is InChI=1S/C28H29NO5/c30-26(31)11-5-4-7-21(19-22-13-16-25(17-14-22)28(32)33)12-15-24-10-6-18-29-27(24)34-20-23-8-2-1-3-9-23/h1-3,6,8-10,12-18,21H,4-5,7,11,19-20H2,(H,30,31)(H,32,33). The van der Waals surface area contributed by atoms with Crippen LogP contribution in [0.5, 0.6) is 5.88 Å². The number of hydrogen-bond acceptors (Lipinski definition) is 4. The van der Waals surface area contributed by atoms with Crippen LogP contribution in [0.15, 0.2) is 79.0 Å². The number of allylic oxidation sites excluding steroid dienone is 1. The van der Waals surface area contributed by atoms with Crippen molar-refractivity contribution < 1.29 is 24.5 Å². The number of aromatic nitrogens is 1. The van der Waals surface area contributed by atoms with Gasteiger partial charge in [-0.2, -0.15) is 0 Å². The summed E-state index contributed by atoms with van der Waals surface area (Å²) in [5.74, 6) is -1.02. The molecule has 0 aliphatic rings. The van der Waals surface area contributed by atoms with Gasteiger partial charge in [0.25, 0.3) is 0 Å². The Morgan fingerprint density at radius 3 is 2.38 bits per heavy atom. The van der Waals surface area contributed by atoms with Crippen LogP contribution in [0.2, 0.25) is 0 Å². The van der Waals surface area contributed by atoms with Crippen molar-refractivity contribution in [2.45, 2.75) is 38.7 Å². The van der Waals surface area contributed by atoms with Crippen LogP contribution < -0.4 is 4.74 Å². The van der Waals surface area contributed by atoms with Gasteiger partial charge < -0.3 is 14.9 Å². The molecule has 2 N–H and O–H groups in total. The summed E-state index contributed by atoms with van der Waals surface area (Å²) in [5.41, 5.74) is 3.22. The van der Waals surface area contributed by atoms with E-state index in [4.69, 9.17) is 14.9 Å². The molecular weight excluding hydrogens is 430 g/mol. The molecule has 3 aromatic rings. The lowest BCUT2D eigenvalue weighted by Gasteiger charge is -2.14. The van der Waals surface area contributed by atoms with E-state index in [1.165, 1.54) is 0 Å². The van der Waals surface area contributed by atoms with E-state index >= 15 is 0 Å². The number of aromatic carboxylic acids is 1. The first-order valence-corrected chi connectivity index (χ1v) is 11.3. The first-order valence-electron chi connectivity index (χ1n) is 11.3. The van der Waals surface area contributed by atoms with Crippen LogP contribution in [0.1, 0.15) is 52.7 Å². The van der Waals surface area contributed by atoms with Crippen LogP contribution in [0.25, 0.3) is 6.08 Å². The van der Waals surface area contributed by atoms with Gasteiger partial charge in [0.2, 0.25) is 5.88 Å². The van der Waals surface area contributed by atoms with Gasteiger partial charge in [-0.15, -0.1) is 0 Å². The Bertz CT molecular complexity index is 1090. The first-order chi connectivity index (χ1) is 16.5. The zero-order valence-corrected chi connectivity index (χ0v) is 19.0. The minimum Gasteiger partial charge on any atom is -0.481 e. The van der Waals surface area contributed by atoms with Crippen molar-refractivity contribution in [1.82, 2.24) is 4.98 Å². The number of rotatable bonds is 13. The maximum absolute atomic E-state index is 11.1. The highest BCUT2D eigenvalue weighted by molar-refractivity contribution is 5.87. The predicted octanol–water partition coefficient (Wildman–Crippen LogP) is 5.88. The maximum atomic E-state index is 11.1. The monoisotopic (exact) mass is 459 g/mol. The molecule has 0 spiro atoms. The molecule has 0 bridgehead atoms. The van der Waals surface area contributed by atoms with Crippen LogP contribution in [0.3, 0.4) is 0 Å². The number of hydrogen-bond donors (Lipinski definition) is 2. The number of pyridine rings is 1. The lowest BCUT2D eigenvalue weighted by Crippen LogP contribution is -2.04. The van der Waals surface area contributed by atoms with E-state index in [1.54, 1.807) is 18.3 Å². The molecule has 1 aromatic heterocycles. The van der Waals surface area contributed by atoms with Gasteiger partial charge in [0, 0.05) is 18.2 Å². The number of ether oxygens (including phenoxy) is 1. The molecule has 1 atom stereocenters. The summed E-state index contributed by atoms with van der Waals surface area (Å²) in [6, 6.07) is 20.6. The average molecular weight is 460 g/mol. The zero-order chi connectivity index (χ0) is 24.2. The Kier molecular flexibility index (Phi) is 9.40. The number of unbranched alkanes of at least 4 members (excludes halogenated alkanes) is 1. The molecule has 2 aromatic carbocycles. The summed E-state index contributed by atoms with van der Waals surface area (Å²) in [4.78, 5) is 26.4. The topological polar surface area (TPSA) is 96.7 Å². The second-order valence-electron chi connectivity index (χ2n) is 8.14. The number of benzene rings is 2. The summed E-state index contributed by atoms with van der Waals surface area (Å²) in [7, 11) is 0. The number of nitrogens with zero attached hydrogens (tertiary/aromatic N) is 1. The summed E-state index contributed by atoms with van der Waals surface area (Å²) < 4.78 is 5.95. The highest BCUT2D eigenvalue weighted by Gasteiger charge is 2.10. The third-order valence-corrected chi connectivity index (χ3v) is 5.48. The molecule has 176 valence electrons. The van der Waals surface area contributed by atoms with Crippen molar-refractivity contribution in [3.05, 3.63) is 101 Å². The largest absolute Gasteiger partial charge is 0.481 e. The van der Waals surface area contributed by atoms with Crippen molar-refractivity contribution in [2.24, 2.45) is 5.92 Å². The summed E-state index contributed by atoms with van der Waals surface area (Å²) in [6.45, 7) is 0.424. The summed E-state index contributed by atoms with van der Waals surface area (Å²) in [6.07, 6.45) is 8.93. The normalized spacial score (nSPS) is 11.9. The van der Waals surface area contributed by atoms with E-state index in [2.05, 4.69) is 11.1 Å². The Morgan fingerprint density at radius 1 is 0.912 bits per heavy atom. The molecule has 0 saturated carbocycles. The van der Waals surface area contributed by atoms with Gasteiger partial charge in [-0.05, 0) is 60.6 Å². The van der Waals surface area contributed by atoms with E-state index in [1.807, 2.05) is 60.7 Å². The molecule has 1 heterocycles. The Morgan fingerprint density at radius 2 is 1.68 bits per heavy atom. The van der Waals surface area contributed by atoms with E-state index in [9.17, 15) is 9.59 Å². The minimum atomic E-state index is -0.948. The van der Waals surface area contributed by atoms with Crippen molar-refractivity contribution in [1.29, 1.82) is 0 Å². The van der Waals surface area contributed by atoms with Gasteiger partial charge in [0.15, 0.2) is 0 Å². The molecule has 6 nitrogen and oxygen atoms in total.